The van der Waals surface area contributed by atoms with E-state index < -0.39 is 17.3 Å². The molecule has 1 aromatic rings. The van der Waals surface area contributed by atoms with Crippen molar-refractivity contribution >= 4 is 17.6 Å². The smallest absolute Gasteiger partial charge is 0.319 e. The Bertz CT molecular complexity index is 625. The van der Waals surface area contributed by atoms with Crippen molar-refractivity contribution in [3.05, 3.63) is 18.3 Å². The molecule has 0 saturated carbocycles. The standard InChI is InChI=1S/C16H23N3O4/c1-10(2)11(3)23-13-12(9-19(4)18-13)17-14(20)16(15(21)22)7-5-6-8-16/h5-6,9-11H,7-8H2,1-4H3,(H,17,20)(H,21,22). The van der Waals surface area contributed by atoms with Gasteiger partial charge < -0.3 is 15.2 Å². The van der Waals surface area contributed by atoms with Crippen LogP contribution in [0.25, 0.3) is 0 Å². The lowest BCUT2D eigenvalue weighted by molar-refractivity contribution is -0.153. The van der Waals surface area contributed by atoms with Gasteiger partial charge in [0.05, 0.1) is 6.20 Å². The van der Waals surface area contributed by atoms with Crippen molar-refractivity contribution in [3.63, 3.8) is 0 Å². The number of ether oxygens (including phenoxy) is 1. The van der Waals surface area contributed by atoms with Gasteiger partial charge in [0.15, 0.2) is 5.41 Å². The highest BCUT2D eigenvalue weighted by Crippen LogP contribution is 2.36. The van der Waals surface area contributed by atoms with Crippen LogP contribution < -0.4 is 10.1 Å². The molecule has 1 amide bonds. The molecule has 1 aliphatic carbocycles. The SMILES string of the molecule is CC(C)C(C)Oc1nn(C)cc1NC(=O)C1(C(=O)O)CC=CC1. The Morgan fingerprint density at radius 3 is 2.48 bits per heavy atom. The van der Waals surface area contributed by atoms with E-state index in [1.807, 2.05) is 20.8 Å². The van der Waals surface area contributed by atoms with Gasteiger partial charge in [0.25, 0.3) is 5.88 Å². The highest BCUT2D eigenvalue weighted by atomic mass is 16.5. The van der Waals surface area contributed by atoms with Crippen LogP contribution in [-0.4, -0.2) is 32.9 Å². The van der Waals surface area contributed by atoms with Gasteiger partial charge in [-0.2, -0.15) is 0 Å². The fraction of sp³-hybridized carbons (Fsp3) is 0.562. The number of aryl methyl sites for hydroxylation is 1. The minimum absolute atomic E-state index is 0.0814. The quantitative estimate of drug-likeness (QED) is 0.619. The Hall–Kier alpha value is -2.31. The minimum atomic E-state index is -1.45. The third-order valence-electron chi connectivity index (χ3n) is 4.22. The zero-order chi connectivity index (χ0) is 17.2. The molecule has 1 atom stereocenters. The number of nitrogens with zero attached hydrogens (tertiary/aromatic N) is 2. The monoisotopic (exact) mass is 321 g/mol. The molecule has 0 spiro atoms. The third-order valence-corrected chi connectivity index (χ3v) is 4.22. The molecule has 0 saturated heterocycles. The molecule has 0 radical (unpaired) electrons. The zero-order valence-corrected chi connectivity index (χ0v) is 13.9. The lowest BCUT2D eigenvalue weighted by Crippen LogP contribution is -2.41. The van der Waals surface area contributed by atoms with Gasteiger partial charge in [0.2, 0.25) is 5.91 Å². The van der Waals surface area contributed by atoms with E-state index in [0.29, 0.717) is 11.6 Å². The fourth-order valence-corrected chi connectivity index (χ4v) is 2.30. The van der Waals surface area contributed by atoms with E-state index in [2.05, 4.69) is 10.4 Å². The van der Waals surface area contributed by atoms with Gasteiger partial charge in [-0.15, -0.1) is 5.10 Å². The summed E-state index contributed by atoms with van der Waals surface area (Å²) < 4.78 is 7.30. The van der Waals surface area contributed by atoms with E-state index in [4.69, 9.17) is 4.74 Å². The predicted molar refractivity (Wildman–Crippen MR) is 85.2 cm³/mol. The maximum absolute atomic E-state index is 12.5. The molecular formula is C16H23N3O4. The molecule has 2 rings (SSSR count). The van der Waals surface area contributed by atoms with E-state index in [0.717, 1.165) is 0 Å². The lowest BCUT2D eigenvalue weighted by atomic mass is 9.84. The van der Waals surface area contributed by atoms with E-state index >= 15 is 0 Å². The van der Waals surface area contributed by atoms with Gasteiger partial charge in [-0.25, -0.2) is 0 Å². The Labute approximate surface area is 135 Å². The molecule has 0 aromatic carbocycles. The zero-order valence-electron chi connectivity index (χ0n) is 13.9. The molecule has 7 heteroatoms. The van der Waals surface area contributed by atoms with Crippen LogP contribution in [0.3, 0.4) is 0 Å². The van der Waals surface area contributed by atoms with E-state index in [1.165, 1.54) is 4.68 Å². The highest BCUT2D eigenvalue weighted by Gasteiger charge is 2.46. The van der Waals surface area contributed by atoms with Gasteiger partial charge in [0.1, 0.15) is 11.8 Å². The molecular weight excluding hydrogens is 298 g/mol. The summed E-state index contributed by atoms with van der Waals surface area (Å²) in [7, 11) is 1.71. The second-order valence-corrected chi connectivity index (χ2v) is 6.31. The molecule has 7 nitrogen and oxygen atoms in total. The average Bonchev–Trinajstić information content (AvgIpc) is 3.07. The maximum Gasteiger partial charge on any atom is 0.319 e. The summed E-state index contributed by atoms with van der Waals surface area (Å²) in [6.45, 7) is 5.97. The number of aromatic nitrogens is 2. The lowest BCUT2D eigenvalue weighted by Gasteiger charge is -2.23. The van der Waals surface area contributed by atoms with Crippen LogP contribution in [0, 0.1) is 11.3 Å². The highest BCUT2D eigenvalue weighted by molar-refractivity contribution is 6.09. The molecule has 1 unspecified atom stereocenters. The Morgan fingerprint density at radius 1 is 1.35 bits per heavy atom. The minimum Gasteiger partial charge on any atom is -0.480 e. The van der Waals surface area contributed by atoms with Gasteiger partial charge in [-0.1, -0.05) is 26.0 Å². The number of hydrogen-bond donors (Lipinski definition) is 2. The Balaban J connectivity index is 2.19. The second kappa shape index (κ2) is 6.44. The molecule has 0 fully saturated rings. The van der Waals surface area contributed by atoms with Crippen LogP contribution in [0.2, 0.25) is 0 Å². The van der Waals surface area contributed by atoms with Crippen molar-refractivity contribution < 1.29 is 19.4 Å². The van der Waals surface area contributed by atoms with Crippen molar-refractivity contribution in [1.82, 2.24) is 9.78 Å². The van der Waals surface area contributed by atoms with Gasteiger partial charge in [-0.05, 0) is 25.7 Å². The van der Waals surface area contributed by atoms with Crippen LogP contribution in [0.15, 0.2) is 18.3 Å². The normalized spacial score (nSPS) is 17.3. The second-order valence-electron chi connectivity index (χ2n) is 6.31. The molecule has 1 aliphatic rings. The van der Waals surface area contributed by atoms with Crippen molar-refractivity contribution in [2.24, 2.45) is 18.4 Å². The first-order chi connectivity index (χ1) is 10.8. The first-order valence-electron chi connectivity index (χ1n) is 7.66. The summed E-state index contributed by atoms with van der Waals surface area (Å²) in [6, 6.07) is 0. The van der Waals surface area contributed by atoms with Crippen molar-refractivity contribution in [3.8, 4) is 5.88 Å². The Kier molecular flexibility index (Phi) is 4.77. The number of allylic oxidation sites excluding steroid dienone is 2. The summed E-state index contributed by atoms with van der Waals surface area (Å²) in [5, 5.41) is 16.3. The summed E-state index contributed by atoms with van der Waals surface area (Å²) in [5.74, 6) is -1.09. The molecule has 126 valence electrons. The topological polar surface area (TPSA) is 93.5 Å². The summed E-state index contributed by atoms with van der Waals surface area (Å²) in [6.07, 6.45) is 5.34. The number of nitrogens with one attached hydrogen (secondary N) is 1. The van der Waals surface area contributed by atoms with Crippen molar-refractivity contribution in [2.75, 3.05) is 5.32 Å². The van der Waals surface area contributed by atoms with Crippen molar-refractivity contribution in [1.29, 1.82) is 0 Å². The summed E-state index contributed by atoms with van der Waals surface area (Å²) in [5.41, 5.74) is -1.06. The van der Waals surface area contributed by atoms with Crippen molar-refractivity contribution in [2.45, 2.75) is 39.7 Å². The molecule has 0 aliphatic heterocycles. The molecule has 0 bridgehead atoms. The van der Waals surface area contributed by atoms with Gasteiger partial charge >= 0.3 is 5.97 Å². The number of hydrogen-bond acceptors (Lipinski definition) is 4. The number of aliphatic carboxylic acids is 1. The number of rotatable bonds is 6. The number of amides is 1. The number of carboxylic acids is 1. The van der Waals surface area contributed by atoms with E-state index in [-0.39, 0.29) is 24.9 Å². The number of carboxylic acid groups (broad SMARTS) is 1. The fourth-order valence-electron chi connectivity index (χ4n) is 2.30. The van der Waals surface area contributed by atoms with E-state index in [1.54, 1.807) is 25.4 Å². The average molecular weight is 321 g/mol. The molecule has 23 heavy (non-hydrogen) atoms. The number of carbonyl (C=O) groups is 2. The number of anilines is 1. The Morgan fingerprint density at radius 2 is 1.96 bits per heavy atom. The third kappa shape index (κ3) is 3.38. The molecule has 2 N–H and O–H groups in total. The predicted octanol–water partition coefficient (Wildman–Crippen LogP) is 2.20. The largest absolute Gasteiger partial charge is 0.480 e. The number of carbonyl (C=O) groups excluding carboxylic acids is 1. The first-order valence-corrected chi connectivity index (χ1v) is 7.66. The van der Waals surface area contributed by atoms with Crippen LogP contribution >= 0.6 is 0 Å². The molecule has 1 aromatic heterocycles. The van der Waals surface area contributed by atoms with Crippen LogP contribution in [-0.2, 0) is 16.6 Å². The summed E-state index contributed by atoms with van der Waals surface area (Å²) >= 11 is 0. The van der Waals surface area contributed by atoms with Crippen LogP contribution in [0.4, 0.5) is 5.69 Å². The summed E-state index contributed by atoms with van der Waals surface area (Å²) in [4.78, 5) is 24.1. The van der Waals surface area contributed by atoms with Crippen LogP contribution in [0.5, 0.6) is 5.88 Å². The maximum atomic E-state index is 12.5. The van der Waals surface area contributed by atoms with Crippen LogP contribution in [0.1, 0.15) is 33.6 Å². The van der Waals surface area contributed by atoms with Gasteiger partial charge in [-0.3, -0.25) is 14.3 Å². The first kappa shape index (κ1) is 17.1. The van der Waals surface area contributed by atoms with E-state index in [9.17, 15) is 14.7 Å². The van der Waals surface area contributed by atoms with Gasteiger partial charge in [0, 0.05) is 7.05 Å². The molecule has 1 heterocycles.